The lowest BCUT2D eigenvalue weighted by Crippen LogP contribution is -2.26. The molecule has 2 heterocycles. The maximum atomic E-state index is 12.5. The molecule has 4 nitrogen and oxygen atoms in total. The van der Waals surface area contributed by atoms with Crippen molar-refractivity contribution in [3.63, 3.8) is 0 Å². The van der Waals surface area contributed by atoms with Crippen LogP contribution in [0.15, 0.2) is 42.5 Å². The zero-order valence-corrected chi connectivity index (χ0v) is 12.4. The molecule has 0 spiro atoms. The van der Waals surface area contributed by atoms with Gasteiger partial charge in [0.1, 0.15) is 5.82 Å². The monoisotopic (exact) mass is 322 g/mol. The number of benzene rings is 1. The summed E-state index contributed by atoms with van der Waals surface area (Å²) in [5.74, 6) is 0.379. The largest absolute Gasteiger partial charge is 0.435 e. The summed E-state index contributed by atoms with van der Waals surface area (Å²) in [6, 6.07) is 12.6. The van der Waals surface area contributed by atoms with E-state index in [0.717, 1.165) is 32.1 Å². The van der Waals surface area contributed by atoms with Crippen molar-refractivity contribution in [3.8, 4) is 0 Å². The van der Waals surface area contributed by atoms with Gasteiger partial charge in [0, 0.05) is 25.7 Å². The Hall–Kier alpha value is -2.15. The predicted molar refractivity (Wildman–Crippen MR) is 80.8 cm³/mol. The third-order valence-corrected chi connectivity index (χ3v) is 3.83. The number of anilines is 1. The Morgan fingerprint density at radius 2 is 1.87 bits per heavy atom. The van der Waals surface area contributed by atoms with E-state index in [0.29, 0.717) is 5.82 Å². The second-order valence-corrected chi connectivity index (χ2v) is 5.65. The summed E-state index contributed by atoms with van der Waals surface area (Å²) in [7, 11) is 0. The highest BCUT2D eigenvalue weighted by Gasteiger charge is 2.33. The van der Waals surface area contributed by atoms with E-state index in [2.05, 4.69) is 32.5 Å². The van der Waals surface area contributed by atoms with Gasteiger partial charge in [-0.15, -0.1) is 10.2 Å². The molecule has 3 rings (SSSR count). The summed E-state index contributed by atoms with van der Waals surface area (Å²) in [5.41, 5.74) is 0.280. The smallest absolute Gasteiger partial charge is 0.365 e. The maximum absolute atomic E-state index is 12.5. The Morgan fingerprint density at radius 1 is 1.09 bits per heavy atom. The summed E-state index contributed by atoms with van der Waals surface area (Å²) < 4.78 is 37.4. The zero-order chi connectivity index (χ0) is 16.3. The first-order valence-electron chi connectivity index (χ1n) is 7.44. The number of hydrogen-bond donors (Lipinski definition) is 1. The molecule has 23 heavy (non-hydrogen) atoms. The van der Waals surface area contributed by atoms with Gasteiger partial charge in [0.05, 0.1) is 0 Å². The fraction of sp³-hybridized carbons (Fsp3) is 0.375. The average molecular weight is 322 g/mol. The lowest BCUT2D eigenvalue weighted by atomic mass is 10.2. The third kappa shape index (κ3) is 4.19. The number of nitrogens with zero attached hydrogens (tertiary/aromatic N) is 3. The van der Waals surface area contributed by atoms with Gasteiger partial charge in [0.2, 0.25) is 0 Å². The molecule has 0 saturated carbocycles. The number of likely N-dealkylation sites (tertiary alicyclic amines) is 1. The summed E-state index contributed by atoms with van der Waals surface area (Å²) in [5, 5.41) is 10.00. The van der Waals surface area contributed by atoms with Gasteiger partial charge in [-0.1, -0.05) is 30.3 Å². The number of hydrogen-bond acceptors (Lipinski definition) is 4. The fourth-order valence-corrected chi connectivity index (χ4v) is 2.71. The SMILES string of the molecule is FC(F)(F)c1ccc(NC2CCN(Cc3ccccc3)C2)nn1. The van der Waals surface area contributed by atoms with Crippen molar-refractivity contribution >= 4 is 5.82 Å². The molecule has 1 aliphatic heterocycles. The molecule has 1 fully saturated rings. The summed E-state index contributed by atoms with van der Waals surface area (Å²) in [4.78, 5) is 2.31. The van der Waals surface area contributed by atoms with Crippen molar-refractivity contribution in [2.24, 2.45) is 0 Å². The van der Waals surface area contributed by atoms with E-state index in [-0.39, 0.29) is 6.04 Å². The van der Waals surface area contributed by atoms with Crippen LogP contribution in [-0.2, 0) is 12.7 Å². The second kappa shape index (κ2) is 6.54. The molecule has 7 heteroatoms. The van der Waals surface area contributed by atoms with Gasteiger partial charge in [0.15, 0.2) is 5.69 Å². The average Bonchev–Trinajstić information content (AvgIpc) is 2.95. The molecule has 1 aliphatic rings. The van der Waals surface area contributed by atoms with Crippen LogP contribution in [-0.4, -0.2) is 34.2 Å². The fourth-order valence-electron chi connectivity index (χ4n) is 2.71. The van der Waals surface area contributed by atoms with E-state index in [1.54, 1.807) is 0 Å². The van der Waals surface area contributed by atoms with Gasteiger partial charge in [-0.2, -0.15) is 13.2 Å². The normalized spacial score (nSPS) is 19.0. The van der Waals surface area contributed by atoms with Crippen LogP contribution in [0.25, 0.3) is 0 Å². The van der Waals surface area contributed by atoms with Crippen LogP contribution in [0.1, 0.15) is 17.7 Å². The Bertz CT molecular complexity index is 628. The van der Waals surface area contributed by atoms with E-state index >= 15 is 0 Å². The Morgan fingerprint density at radius 3 is 2.52 bits per heavy atom. The third-order valence-electron chi connectivity index (χ3n) is 3.83. The van der Waals surface area contributed by atoms with Crippen molar-refractivity contribution in [1.82, 2.24) is 15.1 Å². The maximum Gasteiger partial charge on any atom is 0.435 e. The molecule has 1 aromatic heterocycles. The van der Waals surface area contributed by atoms with Crippen LogP contribution in [0.2, 0.25) is 0 Å². The Labute approximate surface area is 132 Å². The number of alkyl halides is 3. The predicted octanol–water partition coefficient (Wildman–Crippen LogP) is 3.18. The first-order chi connectivity index (χ1) is 11.0. The quantitative estimate of drug-likeness (QED) is 0.939. The van der Waals surface area contributed by atoms with Crippen molar-refractivity contribution in [2.75, 3.05) is 18.4 Å². The van der Waals surface area contributed by atoms with Gasteiger partial charge in [-0.25, -0.2) is 0 Å². The molecule has 2 aromatic rings. The van der Waals surface area contributed by atoms with Gasteiger partial charge >= 0.3 is 6.18 Å². The Balaban J connectivity index is 1.54. The van der Waals surface area contributed by atoms with Gasteiger partial charge in [-0.3, -0.25) is 4.90 Å². The van der Waals surface area contributed by atoms with Crippen LogP contribution < -0.4 is 5.32 Å². The number of halogens is 3. The van der Waals surface area contributed by atoms with E-state index in [1.165, 1.54) is 11.6 Å². The molecule has 122 valence electrons. The Kier molecular flexibility index (Phi) is 4.47. The number of nitrogens with one attached hydrogen (secondary N) is 1. The van der Waals surface area contributed by atoms with Crippen LogP contribution >= 0.6 is 0 Å². The van der Waals surface area contributed by atoms with Crippen molar-refractivity contribution in [1.29, 1.82) is 0 Å². The van der Waals surface area contributed by atoms with Crippen LogP contribution in [0.4, 0.5) is 19.0 Å². The topological polar surface area (TPSA) is 41.0 Å². The highest BCUT2D eigenvalue weighted by Crippen LogP contribution is 2.27. The highest BCUT2D eigenvalue weighted by atomic mass is 19.4. The van der Waals surface area contributed by atoms with E-state index in [9.17, 15) is 13.2 Å². The molecule has 1 aromatic carbocycles. The summed E-state index contributed by atoms with van der Waals surface area (Å²) in [6.45, 7) is 2.65. The van der Waals surface area contributed by atoms with Crippen molar-refractivity contribution in [3.05, 3.63) is 53.7 Å². The van der Waals surface area contributed by atoms with Gasteiger partial charge in [0.25, 0.3) is 0 Å². The number of aromatic nitrogens is 2. The molecular weight excluding hydrogens is 305 g/mol. The zero-order valence-electron chi connectivity index (χ0n) is 12.4. The molecule has 0 aliphatic carbocycles. The lowest BCUT2D eigenvalue weighted by molar-refractivity contribution is -0.141. The minimum Gasteiger partial charge on any atom is -0.365 e. The van der Waals surface area contributed by atoms with Gasteiger partial charge < -0.3 is 5.32 Å². The molecule has 0 amide bonds. The van der Waals surface area contributed by atoms with Crippen molar-refractivity contribution < 1.29 is 13.2 Å². The molecule has 1 saturated heterocycles. The van der Waals surface area contributed by atoms with Crippen LogP contribution in [0.3, 0.4) is 0 Å². The molecule has 1 atom stereocenters. The number of rotatable bonds is 4. The first-order valence-corrected chi connectivity index (χ1v) is 7.44. The minimum absolute atomic E-state index is 0.171. The molecule has 0 radical (unpaired) electrons. The minimum atomic E-state index is -4.45. The molecular formula is C16H17F3N4. The molecule has 1 unspecified atom stereocenters. The standard InChI is InChI=1S/C16H17F3N4/c17-16(18,19)14-6-7-15(22-21-14)20-13-8-9-23(11-13)10-12-4-2-1-3-5-12/h1-7,13H,8-11H2,(H,20,22). The van der Waals surface area contributed by atoms with E-state index in [1.807, 2.05) is 18.2 Å². The second-order valence-electron chi connectivity index (χ2n) is 5.65. The van der Waals surface area contributed by atoms with E-state index < -0.39 is 11.9 Å². The first kappa shape index (κ1) is 15.7. The van der Waals surface area contributed by atoms with Crippen molar-refractivity contribution in [2.45, 2.75) is 25.2 Å². The molecule has 1 N–H and O–H groups in total. The van der Waals surface area contributed by atoms with E-state index in [4.69, 9.17) is 0 Å². The van der Waals surface area contributed by atoms with Gasteiger partial charge in [-0.05, 0) is 24.1 Å². The summed E-state index contributed by atoms with van der Waals surface area (Å²) >= 11 is 0. The lowest BCUT2D eigenvalue weighted by Gasteiger charge is -2.17. The summed E-state index contributed by atoms with van der Waals surface area (Å²) in [6.07, 6.45) is -3.53. The van der Waals surface area contributed by atoms with Crippen LogP contribution in [0, 0.1) is 0 Å². The molecule has 0 bridgehead atoms. The highest BCUT2D eigenvalue weighted by molar-refractivity contribution is 5.35. The van der Waals surface area contributed by atoms with Crippen LogP contribution in [0.5, 0.6) is 0 Å².